The smallest absolute Gasteiger partial charge is 0.417 e. The summed E-state index contributed by atoms with van der Waals surface area (Å²) in [5, 5.41) is 3.08. The first-order valence-electron chi connectivity index (χ1n) is 7.56. The van der Waals surface area contributed by atoms with Gasteiger partial charge in [-0.05, 0) is 18.2 Å². The number of esters is 1. The Balaban J connectivity index is 2.48. The Morgan fingerprint density at radius 1 is 1.42 bits per heavy atom. The quantitative estimate of drug-likeness (QED) is 0.831. The highest BCUT2D eigenvalue weighted by atomic mass is 19.4. The fourth-order valence-corrected chi connectivity index (χ4v) is 2.84. The van der Waals surface area contributed by atoms with Crippen molar-refractivity contribution in [2.75, 3.05) is 33.3 Å². The lowest BCUT2D eigenvalue weighted by molar-refractivity contribution is -0.141. The number of ether oxygens (including phenoxy) is 1. The van der Waals surface area contributed by atoms with Crippen molar-refractivity contribution in [3.05, 3.63) is 34.9 Å². The molecule has 5 nitrogen and oxygen atoms in total. The zero-order chi connectivity index (χ0) is 17.9. The van der Waals surface area contributed by atoms with Gasteiger partial charge in [-0.1, -0.05) is 19.1 Å². The summed E-state index contributed by atoms with van der Waals surface area (Å²) in [5.74, 6) is -1.79. The van der Waals surface area contributed by atoms with Gasteiger partial charge in [-0.15, -0.1) is 0 Å². The summed E-state index contributed by atoms with van der Waals surface area (Å²) >= 11 is 0. The molecular weight excluding hydrogens is 325 g/mol. The van der Waals surface area contributed by atoms with Gasteiger partial charge in [-0.3, -0.25) is 9.59 Å². The predicted molar refractivity (Wildman–Crippen MR) is 80.6 cm³/mol. The van der Waals surface area contributed by atoms with Gasteiger partial charge in [0.1, 0.15) is 6.54 Å². The van der Waals surface area contributed by atoms with E-state index in [0.717, 1.165) is 11.0 Å². The third-order valence-electron chi connectivity index (χ3n) is 3.97. The number of fused-ring (bicyclic) bond motifs is 1. The topological polar surface area (TPSA) is 58.6 Å². The van der Waals surface area contributed by atoms with Gasteiger partial charge in [0, 0.05) is 19.0 Å². The van der Waals surface area contributed by atoms with Crippen molar-refractivity contribution in [3.8, 4) is 0 Å². The number of halogens is 3. The van der Waals surface area contributed by atoms with Gasteiger partial charge >= 0.3 is 12.1 Å². The minimum absolute atomic E-state index is 0.162. The molecule has 1 unspecified atom stereocenters. The number of carbonyl (C=O) groups is 2. The largest absolute Gasteiger partial charge is 0.468 e. The summed E-state index contributed by atoms with van der Waals surface area (Å²) < 4.78 is 44.5. The van der Waals surface area contributed by atoms with Gasteiger partial charge in [0.2, 0.25) is 0 Å². The maximum Gasteiger partial charge on any atom is 0.417 e. The minimum Gasteiger partial charge on any atom is -0.468 e. The molecule has 1 aliphatic rings. The zero-order valence-electron chi connectivity index (χ0n) is 13.4. The standard InChI is InChI=1S/C16H19F3N2O3/c1-3-20-7-10-8-21(9-13(22)24-2)15(23)14-11(10)5-4-6-12(14)16(17,18)19/h4-6,10,20H,3,7-9H2,1-2H3. The van der Waals surface area contributed by atoms with Gasteiger partial charge in [0.25, 0.3) is 5.91 Å². The SMILES string of the molecule is CCNCC1CN(CC(=O)OC)C(=O)c2c1cccc2C(F)(F)F. The third-order valence-corrected chi connectivity index (χ3v) is 3.97. The molecule has 0 saturated carbocycles. The van der Waals surface area contributed by atoms with Crippen molar-refractivity contribution >= 4 is 11.9 Å². The number of amides is 1. The lowest BCUT2D eigenvalue weighted by atomic mass is 9.86. The molecule has 0 aliphatic carbocycles. The molecule has 0 radical (unpaired) electrons. The highest BCUT2D eigenvalue weighted by Crippen LogP contribution is 2.38. The molecule has 0 aromatic heterocycles. The number of benzene rings is 1. The van der Waals surface area contributed by atoms with Crippen LogP contribution in [-0.2, 0) is 15.7 Å². The highest BCUT2D eigenvalue weighted by molar-refractivity contribution is 6.00. The number of nitrogens with one attached hydrogen (secondary N) is 1. The Labute approximate surface area is 137 Å². The number of carbonyl (C=O) groups excluding carboxylic acids is 2. The fourth-order valence-electron chi connectivity index (χ4n) is 2.84. The van der Waals surface area contributed by atoms with Crippen molar-refractivity contribution < 1.29 is 27.5 Å². The van der Waals surface area contributed by atoms with Gasteiger partial charge in [0.05, 0.1) is 18.2 Å². The number of hydrogen-bond donors (Lipinski definition) is 1. The lowest BCUT2D eigenvalue weighted by Crippen LogP contribution is -2.46. The first kappa shape index (κ1) is 18.3. The summed E-state index contributed by atoms with van der Waals surface area (Å²) in [5.41, 5.74) is -0.985. The third kappa shape index (κ3) is 3.69. The molecule has 1 aliphatic heterocycles. The van der Waals surface area contributed by atoms with Gasteiger partial charge in [-0.2, -0.15) is 13.2 Å². The second-order valence-corrected chi connectivity index (χ2v) is 5.53. The summed E-state index contributed by atoms with van der Waals surface area (Å²) in [6.45, 7) is 2.73. The molecule has 1 heterocycles. The van der Waals surface area contributed by atoms with E-state index in [-0.39, 0.29) is 24.6 Å². The van der Waals surface area contributed by atoms with E-state index in [1.165, 1.54) is 13.2 Å². The van der Waals surface area contributed by atoms with Crippen molar-refractivity contribution in [2.24, 2.45) is 0 Å². The number of alkyl halides is 3. The maximum atomic E-state index is 13.3. The van der Waals surface area contributed by atoms with E-state index < -0.39 is 23.6 Å². The Morgan fingerprint density at radius 3 is 2.71 bits per heavy atom. The maximum absolute atomic E-state index is 13.3. The lowest BCUT2D eigenvalue weighted by Gasteiger charge is -2.35. The van der Waals surface area contributed by atoms with E-state index in [1.807, 2.05) is 6.92 Å². The van der Waals surface area contributed by atoms with Gasteiger partial charge in [-0.25, -0.2) is 0 Å². The number of likely N-dealkylation sites (N-methyl/N-ethyl adjacent to an activating group) is 1. The molecule has 24 heavy (non-hydrogen) atoms. The molecule has 8 heteroatoms. The van der Waals surface area contributed by atoms with E-state index in [0.29, 0.717) is 18.7 Å². The Morgan fingerprint density at radius 2 is 2.12 bits per heavy atom. The summed E-state index contributed by atoms with van der Waals surface area (Å²) in [6.07, 6.45) is -4.64. The van der Waals surface area contributed by atoms with E-state index in [1.54, 1.807) is 6.07 Å². The first-order valence-corrected chi connectivity index (χ1v) is 7.56. The average Bonchev–Trinajstić information content (AvgIpc) is 2.54. The van der Waals surface area contributed by atoms with Crippen molar-refractivity contribution in [1.82, 2.24) is 10.2 Å². The molecule has 0 saturated heterocycles. The number of hydrogen-bond acceptors (Lipinski definition) is 4. The molecule has 0 spiro atoms. The first-order chi connectivity index (χ1) is 11.3. The van der Waals surface area contributed by atoms with Crippen LogP contribution in [0, 0.1) is 0 Å². The van der Waals surface area contributed by atoms with Crippen LogP contribution in [0.5, 0.6) is 0 Å². The zero-order valence-corrected chi connectivity index (χ0v) is 13.4. The Kier molecular flexibility index (Phi) is 5.48. The molecule has 1 aromatic carbocycles. The average molecular weight is 344 g/mol. The van der Waals surface area contributed by atoms with E-state index >= 15 is 0 Å². The molecule has 1 N–H and O–H groups in total. The normalized spacial score (nSPS) is 17.6. The van der Waals surface area contributed by atoms with Crippen LogP contribution in [0.25, 0.3) is 0 Å². The van der Waals surface area contributed by atoms with Crippen LogP contribution in [-0.4, -0.2) is 50.1 Å². The monoisotopic (exact) mass is 344 g/mol. The number of nitrogens with zero attached hydrogens (tertiary/aromatic N) is 1. The molecule has 2 rings (SSSR count). The van der Waals surface area contributed by atoms with Crippen molar-refractivity contribution in [3.63, 3.8) is 0 Å². The molecule has 1 amide bonds. The summed E-state index contributed by atoms with van der Waals surface area (Å²) in [4.78, 5) is 25.2. The molecular formula is C16H19F3N2O3. The second kappa shape index (κ2) is 7.21. The Hall–Kier alpha value is -2.09. The van der Waals surface area contributed by atoms with Crippen LogP contribution in [0.15, 0.2) is 18.2 Å². The summed E-state index contributed by atoms with van der Waals surface area (Å²) in [6, 6.07) is 3.74. The predicted octanol–water partition coefficient (Wildman–Crippen LogP) is 2.03. The second-order valence-electron chi connectivity index (χ2n) is 5.53. The summed E-state index contributed by atoms with van der Waals surface area (Å²) in [7, 11) is 1.17. The van der Waals surface area contributed by atoms with Crippen LogP contribution in [0.2, 0.25) is 0 Å². The van der Waals surface area contributed by atoms with Gasteiger partial charge in [0.15, 0.2) is 0 Å². The molecule has 0 fully saturated rings. The van der Waals surface area contributed by atoms with Crippen molar-refractivity contribution in [2.45, 2.75) is 19.0 Å². The minimum atomic E-state index is -4.64. The van der Waals surface area contributed by atoms with E-state index in [9.17, 15) is 22.8 Å². The highest BCUT2D eigenvalue weighted by Gasteiger charge is 2.41. The molecule has 0 bridgehead atoms. The van der Waals surface area contributed by atoms with Crippen LogP contribution < -0.4 is 5.32 Å². The van der Waals surface area contributed by atoms with E-state index in [2.05, 4.69) is 10.1 Å². The number of rotatable bonds is 5. The van der Waals surface area contributed by atoms with Crippen LogP contribution in [0.3, 0.4) is 0 Å². The van der Waals surface area contributed by atoms with Crippen LogP contribution in [0.4, 0.5) is 13.2 Å². The van der Waals surface area contributed by atoms with Crippen LogP contribution >= 0.6 is 0 Å². The molecule has 1 atom stereocenters. The van der Waals surface area contributed by atoms with E-state index in [4.69, 9.17) is 0 Å². The fraction of sp³-hybridized carbons (Fsp3) is 0.500. The van der Waals surface area contributed by atoms with Crippen LogP contribution in [0.1, 0.15) is 34.3 Å². The van der Waals surface area contributed by atoms with Gasteiger partial charge < -0.3 is 15.0 Å². The van der Waals surface area contributed by atoms with Crippen molar-refractivity contribution in [1.29, 1.82) is 0 Å². The Bertz CT molecular complexity index is 631. The molecule has 1 aromatic rings. The number of methoxy groups -OCH3 is 1. The molecule has 132 valence electrons.